The molecule has 3 rings (SSSR count). The van der Waals surface area contributed by atoms with Gasteiger partial charge in [-0.3, -0.25) is 9.48 Å². The molecule has 0 unspecified atom stereocenters. The molecule has 0 atom stereocenters. The standard InChI is InChI=1S/C18H27N7O2/c1-13-21-15(11-16(22-13)25-9-5-4-6-10-25)19-7-8-20-17(26)14-12-24(2)23-18(14)27-3/h11-12H,4-10H2,1-3H3,(H,20,26)(H,19,21,22). The first-order valence-electron chi connectivity index (χ1n) is 9.27. The van der Waals surface area contributed by atoms with Gasteiger partial charge in [0.25, 0.3) is 5.91 Å². The maximum atomic E-state index is 12.3. The molecule has 27 heavy (non-hydrogen) atoms. The smallest absolute Gasteiger partial charge is 0.258 e. The van der Waals surface area contributed by atoms with Gasteiger partial charge in [-0.15, -0.1) is 5.10 Å². The molecule has 0 aromatic carbocycles. The first kappa shape index (κ1) is 18.9. The van der Waals surface area contributed by atoms with Crippen LogP contribution in [0.4, 0.5) is 11.6 Å². The maximum Gasteiger partial charge on any atom is 0.258 e. The molecule has 0 radical (unpaired) electrons. The van der Waals surface area contributed by atoms with Crippen molar-refractivity contribution in [3.63, 3.8) is 0 Å². The number of anilines is 2. The fraction of sp³-hybridized carbons (Fsp3) is 0.556. The van der Waals surface area contributed by atoms with Gasteiger partial charge in [-0.1, -0.05) is 0 Å². The molecular formula is C18H27N7O2. The Hall–Kier alpha value is -2.84. The quantitative estimate of drug-likeness (QED) is 0.707. The Morgan fingerprint density at radius 3 is 2.74 bits per heavy atom. The molecule has 9 heteroatoms. The van der Waals surface area contributed by atoms with Crippen molar-refractivity contribution < 1.29 is 9.53 Å². The molecule has 0 aliphatic carbocycles. The molecule has 9 nitrogen and oxygen atoms in total. The first-order valence-corrected chi connectivity index (χ1v) is 9.27. The van der Waals surface area contributed by atoms with Gasteiger partial charge in [0.05, 0.1) is 7.11 Å². The monoisotopic (exact) mass is 373 g/mol. The zero-order valence-electron chi connectivity index (χ0n) is 16.2. The Bertz CT molecular complexity index is 784. The van der Waals surface area contributed by atoms with Crippen molar-refractivity contribution in [3.8, 4) is 5.88 Å². The van der Waals surface area contributed by atoms with E-state index >= 15 is 0 Å². The number of amides is 1. The summed E-state index contributed by atoms with van der Waals surface area (Å²) in [6, 6.07) is 1.98. The molecule has 2 aromatic heterocycles. The van der Waals surface area contributed by atoms with Gasteiger partial charge in [0.2, 0.25) is 5.88 Å². The Morgan fingerprint density at radius 2 is 2.00 bits per heavy atom. The lowest BCUT2D eigenvalue weighted by atomic mass is 10.1. The minimum Gasteiger partial charge on any atom is -0.479 e. The molecule has 2 aromatic rings. The lowest BCUT2D eigenvalue weighted by Crippen LogP contribution is -2.31. The number of nitrogens with one attached hydrogen (secondary N) is 2. The summed E-state index contributed by atoms with van der Waals surface area (Å²) in [5, 5.41) is 10.2. The third-order valence-corrected chi connectivity index (χ3v) is 4.45. The third-order valence-electron chi connectivity index (χ3n) is 4.45. The van der Waals surface area contributed by atoms with Crippen LogP contribution in [0.1, 0.15) is 35.4 Å². The van der Waals surface area contributed by atoms with Crippen LogP contribution in [0.5, 0.6) is 5.88 Å². The number of rotatable bonds is 7. The van der Waals surface area contributed by atoms with Crippen LogP contribution in [0.25, 0.3) is 0 Å². The fourth-order valence-electron chi connectivity index (χ4n) is 3.16. The van der Waals surface area contributed by atoms with Gasteiger partial charge in [-0.25, -0.2) is 9.97 Å². The molecule has 146 valence electrons. The largest absolute Gasteiger partial charge is 0.479 e. The van der Waals surface area contributed by atoms with Gasteiger partial charge in [-0.2, -0.15) is 0 Å². The number of hydrogen-bond acceptors (Lipinski definition) is 7. The van der Waals surface area contributed by atoms with Crippen LogP contribution in [0.15, 0.2) is 12.3 Å². The number of hydrogen-bond donors (Lipinski definition) is 2. The Balaban J connectivity index is 1.52. The van der Waals surface area contributed by atoms with Crippen LogP contribution >= 0.6 is 0 Å². The second-order valence-electron chi connectivity index (χ2n) is 6.61. The SMILES string of the molecule is COc1nn(C)cc1C(=O)NCCNc1cc(N2CCCCC2)nc(C)n1. The summed E-state index contributed by atoms with van der Waals surface area (Å²) < 4.78 is 6.67. The summed E-state index contributed by atoms with van der Waals surface area (Å²) in [6.07, 6.45) is 5.33. The van der Waals surface area contributed by atoms with Gasteiger partial charge in [-0.05, 0) is 26.2 Å². The van der Waals surface area contributed by atoms with E-state index in [1.807, 2.05) is 13.0 Å². The number of aryl methyl sites for hydroxylation is 2. The van der Waals surface area contributed by atoms with E-state index in [1.165, 1.54) is 26.4 Å². The van der Waals surface area contributed by atoms with E-state index in [2.05, 4.69) is 30.6 Å². The number of aromatic nitrogens is 4. The first-order chi connectivity index (χ1) is 13.1. The van der Waals surface area contributed by atoms with E-state index in [0.717, 1.165) is 30.5 Å². The summed E-state index contributed by atoms with van der Waals surface area (Å²) in [5.41, 5.74) is 0.422. The van der Waals surface area contributed by atoms with Crippen molar-refractivity contribution in [1.29, 1.82) is 0 Å². The summed E-state index contributed by atoms with van der Waals surface area (Å²) in [4.78, 5) is 23.6. The molecule has 0 spiro atoms. The van der Waals surface area contributed by atoms with E-state index < -0.39 is 0 Å². The maximum absolute atomic E-state index is 12.3. The lowest BCUT2D eigenvalue weighted by Gasteiger charge is -2.28. The van der Waals surface area contributed by atoms with Crippen molar-refractivity contribution in [1.82, 2.24) is 25.1 Å². The molecule has 1 saturated heterocycles. The summed E-state index contributed by atoms with van der Waals surface area (Å²) in [7, 11) is 3.25. The highest BCUT2D eigenvalue weighted by molar-refractivity contribution is 5.96. The van der Waals surface area contributed by atoms with Crippen molar-refractivity contribution in [2.24, 2.45) is 7.05 Å². The Labute approximate surface area is 159 Å². The van der Waals surface area contributed by atoms with E-state index in [1.54, 1.807) is 17.9 Å². The molecule has 1 aliphatic heterocycles. The number of ether oxygens (including phenoxy) is 1. The Kier molecular flexibility index (Phi) is 6.10. The highest BCUT2D eigenvalue weighted by atomic mass is 16.5. The van der Waals surface area contributed by atoms with Gasteiger partial charge < -0.3 is 20.3 Å². The predicted molar refractivity (Wildman–Crippen MR) is 103 cm³/mol. The van der Waals surface area contributed by atoms with Crippen LogP contribution < -0.4 is 20.3 Å². The highest BCUT2D eigenvalue weighted by Crippen LogP contribution is 2.20. The van der Waals surface area contributed by atoms with Crippen LogP contribution in [0.2, 0.25) is 0 Å². The van der Waals surface area contributed by atoms with E-state index in [4.69, 9.17) is 4.74 Å². The number of piperidine rings is 1. The highest BCUT2D eigenvalue weighted by Gasteiger charge is 2.16. The number of nitrogens with zero attached hydrogens (tertiary/aromatic N) is 5. The van der Waals surface area contributed by atoms with Crippen LogP contribution in [-0.2, 0) is 7.05 Å². The van der Waals surface area contributed by atoms with Crippen LogP contribution in [-0.4, -0.2) is 58.9 Å². The second kappa shape index (κ2) is 8.70. The number of methoxy groups -OCH3 is 1. The molecule has 0 bridgehead atoms. The van der Waals surface area contributed by atoms with Crippen molar-refractivity contribution in [2.45, 2.75) is 26.2 Å². The minimum atomic E-state index is -0.213. The zero-order chi connectivity index (χ0) is 19.2. The normalized spacial score (nSPS) is 14.1. The summed E-state index contributed by atoms with van der Waals surface area (Å²) >= 11 is 0. The predicted octanol–water partition coefficient (Wildman–Crippen LogP) is 1.36. The van der Waals surface area contributed by atoms with E-state index in [-0.39, 0.29) is 5.91 Å². The average Bonchev–Trinajstić information content (AvgIpc) is 3.06. The van der Waals surface area contributed by atoms with Crippen LogP contribution in [0, 0.1) is 6.92 Å². The number of carbonyl (C=O) groups is 1. The van der Waals surface area contributed by atoms with Gasteiger partial charge in [0, 0.05) is 45.5 Å². The summed E-state index contributed by atoms with van der Waals surface area (Å²) in [5.74, 6) is 2.59. The molecule has 2 N–H and O–H groups in total. The zero-order valence-corrected chi connectivity index (χ0v) is 16.2. The number of carbonyl (C=O) groups excluding carboxylic acids is 1. The van der Waals surface area contributed by atoms with Gasteiger partial charge in [0.1, 0.15) is 23.0 Å². The fourth-order valence-corrected chi connectivity index (χ4v) is 3.16. The molecule has 1 amide bonds. The topological polar surface area (TPSA) is 97.2 Å². The Morgan fingerprint density at radius 1 is 1.22 bits per heavy atom. The van der Waals surface area contributed by atoms with Crippen molar-refractivity contribution in [2.75, 3.05) is 43.5 Å². The van der Waals surface area contributed by atoms with E-state index in [0.29, 0.717) is 24.5 Å². The molecule has 1 aliphatic rings. The van der Waals surface area contributed by atoms with Crippen LogP contribution in [0.3, 0.4) is 0 Å². The van der Waals surface area contributed by atoms with Crippen molar-refractivity contribution >= 4 is 17.5 Å². The van der Waals surface area contributed by atoms with E-state index in [9.17, 15) is 4.79 Å². The van der Waals surface area contributed by atoms with Gasteiger partial charge >= 0.3 is 0 Å². The van der Waals surface area contributed by atoms with Crippen molar-refractivity contribution in [3.05, 3.63) is 23.7 Å². The molecule has 0 saturated carbocycles. The summed E-state index contributed by atoms with van der Waals surface area (Å²) in [6.45, 7) is 5.00. The molecule has 1 fully saturated rings. The third kappa shape index (κ3) is 4.87. The molecule has 3 heterocycles. The second-order valence-corrected chi connectivity index (χ2v) is 6.61. The lowest BCUT2D eigenvalue weighted by molar-refractivity contribution is 0.0952. The molecular weight excluding hydrogens is 346 g/mol. The minimum absolute atomic E-state index is 0.213. The van der Waals surface area contributed by atoms with Gasteiger partial charge in [0.15, 0.2) is 0 Å². The average molecular weight is 373 g/mol.